The second-order valence-corrected chi connectivity index (χ2v) is 9.93. The minimum absolute atomic E-state index is 0.00481. The Kier molecular flexibility index (Phi) is 6.30. The van der Waals surface area contributed by atoms with Crippen LogP contribution in [0.15, 0.2) is 70.5 Å². The van der Waals surface area contributed by atoms with Crippen LogP contribution < -0.4 is 14.2 Å². The van der Waals surface area contributed by atoms with Crippen molar-refractivity contribution in [2.45, 2.75) is 9.79 Å². The van der Waals surface area contributed by atoms with E-state index in [-0.39, 0.29) is 21.4 Å². The van der Waals surface area contributed by atoms with Crippen molar-refractivity contribution in [1.29, 1.82) is 0 Å². The van der Waals surface area contributed by atoms with E-state index in [1.807, 2.05) is 4.72 Å². The molecule has 0 radical (unpaired) electrons. The number of hydrogen-bond acceptors (Lipinski definition) is 6. The third kappa shape index (κ3) is 5.01. The van der Waals surface area contributed by atoms with Gasteiger partial charge in [-0.15, -0.1) is 0 Å². The van der Waals surface area contributed by atoms with Crippen molar-refractivity contribution in [3.05, 3.63) is 71.5 Å². The van der Waals surface area contributed by atoms with Gasteiger partial charge in [0.05, 0.1) is 23.4 Å². The quantitative estimate of drug-likeness (QED) is 0.437. The molecule has 31 heavy (non-hydrogen) atoms. The summed E-state index contributed by atoms with van der Waals surface area (Å²) in [5.74, 6) is -1.40. The van der Waals surface area contributed by atoms with Gasteiger partial charge in [-0.1, -0.05) is 23.7 Å². The molecule has 0 aliphatic rings. The van der Waals surface area contributed by atoms with Crippen LogP contribution >= 0.6 is 11.6 Å². The molecule has 0 spiro atoms. The summed E-state index contributed by atoms with van der Waals surface area (Å²) in [4.78, 5) is -1.08. The van der Waals surface area contributed by atoms with Crippen LogP contribution in [0.25, 0.3) is 0 Å². The van der Waals surface area contributed by atoms with E-state index >= 15 is 0 Å². The maximum atomic E-state index is 14.0. The second-order valence-electron chi connectivity index (χ2n) is 6.16. The molecular formula is C19H16ClFN2O6S2. The van der Waals surface area contributed by atoms with Gasteiger partial charge in [-0.2, -0.15) is 0 Å². The van der Waals surface area contributed by atoms with E-state index in [0.29, 0.717) is 0 Å². The number of halogens is 2. The predicted octanol–water partition coefficient (Wildman–Crippen LogP) is 3.79. The van der Waals surface area contributed by atoms with Crippen molar-refractivity contribution in [3.63, 3.8) is 0 Å². The number of sulfonamides is 2. The number of ether oxygens (including phenoxy) is 1. The van der Waals surface area contributed by atoms with E-state index in [4.69, 9.17) is 16.3 Å². The summed E-state index contributed by atoms with van der Waals surface area (Å²) in [6.07, 6.45) is 0. The first-order valence-corrected chi connectivity index (χ1v) is 11.8. The highest BCUT2D eigenvalue weighted by Crippen LogP contribution is 2.32. The van der Waals surface area contributed by atoms with Crippen molar-refractivity contribution < 1.29 is 31.1 Å². The number of nitrogens with one attached hydrogen (secondary N) is 2. The Morgan fingerprint density at radius 2 is 1.58 bits per heavy atom. The van der Waals surface area contributed by atoms with Crippen LogP contribution in [-0.4, -0.2) is 29.1 Å². The summed E-state index contributed by atoms with van der Waals surface area (Å²) in [6, 6.07) is 12.2. The number of benzene rings is 3. The molecule has 0 amide bonds. The fourth-order valence-corrected chi connectivity index (χ4v) is 4.97. The molecule has 3 aromatic rings. The number of phenols is 1. The SMILES string of the molecule is COc1ccccc1NS(=O)(=O)c1ccc(O)c(NS(=O)(=O)c2ccc(Cl)cc2F)c1. The van der Waals surface area contributed by atoms with Crippen molar-refractivity contribution >= 4 is 43.0 Å². The van der Waals surface area contributed by atoms with Crippen LogP contribution in [0, 0.1) is 5.82 Å². The lowest BCUT2D eigenvalue weighted by Crippen LogP contribution is -2.16. The van der Waals surface area contributed by atoms with E-state index < -0.39 is 42.2 Å². The Hall–Kier alpha value is -3.02. The lowest BCUT2D eigenvalue weighted by molar-refractivity contribution is 0.417. The third-order valence-corrected chi connectivity index (χ3v) is 7.05. The summed E-state index contributed by atoms with van der Waals surface area (Å²) in [5, 5.41) is 10.0. The molecule has 0 bridgehead atoms. The lowest BCUT2D eigenvalue weighted by Gasteiger charge is -2.14. The maximum absolute atomic E-state index is 14.0. The van der Waals surface area contributed by atoms with E-state index in [1.54, 1.807) is 18.2 Å². The number of rotatable bonds is 7. The smallest absolute Gasteiger partial charge is 0.264 e. The highest BCUT2D eigenvalue weighted by atomic mass is 35.5. The zero-order valence-corrected chi connectivity index (χ0v) is 18.2. The zero-order chi connectivity index (χ0) is 22.8. The van der Waals surface area contributed by atoms with Gasteiger partial charge < -0.3 is 9.84 Å². The van der Waals surface area contributed by atoms with Gasteiger partial charge in [0.15, 0.2) is 0 Å². The van der Waals surface area contributed by atoms with Crippen molar-refractivity contribution in [2.24, 2.45) is 0 Å². The Morgan fingerprint density at radius 1 is 0.903 bits per heavy atom. The van der Waals surface area contributed by atoms with E-state index in [0.717, 1.165) is 30.3 Å². The Bertz CT molecular complexity index is 1350. The van der Waals surface area contributed by atoms with Gasteiger partial charge in [-0.05, 0) is 48.5 Å². The third-order valence-electron chi connectivity index (χ3n) is 4.06. The molecule has 12 heteroatoms. The summed E-state index contributed by atoms with van der Waals surface area (Å²) >= 11 is 5.63. The molecular weight excluding hydrogens is 471 g/mol. The molecule has 0 heterocycles. The predicted molar refractivity (Wildman–Crippen MR) is 114 cm³/mol. The van der Waals surface area contributed by atoms with Crippen LogP contribution in [0.2, 0.25) is 5.02 Å². The number of aromatic hydroxyl groups is 1. The Morgan fingerprint density at radius 3 is 2.26 bits per heavy atom. The standard InChI is InChI=1S/C19H16ClFN2O6S2/c1-29-18-5-3-2-4-15(18)22-30(25,26)13-7-8-17(24)16(11-13)23-31(27,28)19-9-6-12(20)10-14(19)21/h2-11,22-24H,1H3. The second kappa shape index (κ2) is 8.61. The van der Waals surface area contributed by atoms with Crippen LogP contribution in [0.3, 0.4) is 0 Å². The molecule has 0 aliphatic carbocycles. The number of para-hydroxylation sites is 2. The summed E-state index contributed by atoms with van der Waals surface area (Å²) in [7, 11) is -7.31. The van der Waals surface area contributed by atoms with E-state index in [9.17, 15) is 26.3 Å². The average Bonchev–Trinajstić information content (AvgIpc) is 2.69. The van der Waals surface area contributed by atoms with E-state index in [1.165, 1.54) is 19.2 Å². The average molecular weight is 487 g/mol. The molecule has 0 saturated heterocycles. The molecule has 3 rings (SSSR count). The Labute approximate surface area is 183 Å². The molecule has 0 atom stereocenters. The molecule has 3 N–H and O–H groups in total. The summed E-state index contributed by atoms with van der Waals surface area (Å²) < 4.78 is 74.0. The van der Waals surface area contributed by atoms with Gasteiger partial charge in [-0.25, -0.2) is 21.2 Å². The van der Waals surface area contributed by atoms with Gasteiger partial charge in [0.1, 0.15) is 22.2 Å². The van der Waals surface area contributed by atoms with Gasteiger partial charge in [0.2, 0.25) is 0 Å². The van der Waals surface area contributed by atoms with Crippen LogP contribution in [0.5, 0.6) is 11.5 Å². The lowest BCUT2D eigenvalue weighted by atomic mass is 10.3. The first kappa shape index (κ1) is 22.7. The van der Waals surface area contributed by atoms with Crippen molar-refractivity contribution in [2.75, 3.05) is 16.6 Å². The number of methoxy groups -OCH3 is 1. The Balaban J connectivity index is 1.96. The topological polar surface area (TPSA) is 122 Å². The van der Waals surface area contributed by atoms with Gasteiger partial charge >= 0.3 is 0 Å². The molecule has 0 saturated carbocycles. The highest BCUT2D eigenvalue weighted by Gasteiger charge is 2.23. The molecule has 3 aromatic carbocycles. The fourth-order valence-electron chi connectivity index (χ4n) is 2.59. The normalized spacial score (nSPS) is 11.7. The largest absolute Gasteiger partial charge is 0.506 e. The molecule has 164 valence electrons. The van der Waals surface area contributed by atoms with Gasteiger partial charge in [0.25, 0.3) is 20.0 Å². The van der Waals surface area contributed by atoms with Crippen LogP contribution in [0.1, 0.15) is 0 Å². The summed E-state index contributed by atoms with van der Waals surface area (Å²) in [5.41, 5.74) is -0.305. The minimum Gasteiger partial charge on any atom is -0.506 e. The van der Waals surface area contributed by atoms with Crippen LogP contribution in [0.4, 0.5) is 15.8 Å². The van der Waals surface area contributed by atoms with Crippen LogP contribution in [-0.2, 0) is 20.0 Å². The molecule has 8 nitrogen and oxygen atoms in total. The van der Waals surface area contributed by atoms with E-state index in [2.05, 4.69) is 4.72 Å². The fraction of sp³-hybridized carbons (Fsp3) is 0.0526. The van der Waals surface area contributed by atoms with Crippen molar-refractivity contribution in [3.8, 4) is 11.5 Å². The highest BCUT2D eigenvalue weighted by molar-refractivity contribution is 7.93. The van der Waals surface area contributed by atoms with Crippen molar-refractivity contribution in [1.82, 2.24) is 0 Å². The first-order chi connectivity index (χ1) is 14.5. The zero-order valence-electron chi connectivity index (χ0n) is 15.8. The molecule has 0 unspecified atom stereocenters. The number of anilines is 2. The summed E-state index contributed by atoms with van der Waals surface area (Å²) in [6.45, 7) is 0. The molecule has 0 aliphatic heterocycles. The van der Waals surface area contributed by atoms with Gasteiger partial charge in [0, 0.05) is 5.02 Å². The number of phenolic OH excluding ortho intramolecular Hbond substituents is 1. The molecule has 0 fully saturated rings. The monoisotopic (exact) mass is 486 g/mol. The molecule has 0 aromatic heterocycles. The maximum Gasteiger partial charge on any atom is 0.264 e. The van der Waals surface area contributed by atoms with Gasteiger partial charge in [-0.3, -0.25) is 9.44 Å². The minimum atomic E-state index is -4.49. The number of hydrogen-bond donors (Lipinski definition) is 3. The first-order valence-electron chi connectivity index (χ1n) is 8.50.